The molecule has 9 nitrogen and oxygen atoms in total. The summed E-state index contributed by atoms with van der Waals surface area (Å²) in [6, 6.07) is 5.73. The van der Waals surface area contributed by atoms with Gasteiger partial charge in [0, 0.05) is 38.0 Å². The molecule has 1 aromatic carbocycles. The number of nitrogens with one attached hydrogen (secondary N) is 1. The molecular formula is C29H42N4O5. The number of anilines is 1. The lowest BCUT2D eigenvalue weighted by atomic mass is 10.0. The zero-order valence-electron chi connectivity index (χ0n) is 23.3. The first kappa shape index (κ1) is 28.1. The average Bonchev–Trinajstić information content (AvgIpc) is 3.62. The number of amides is 3. The summed E-state index contributed by atoms with van der Waals surface area (Å²) in [5.74, 6) is -0.783. The molecule has 4 unspecified atom stereocenters. The SMILES string of the molecule is COC(C(=O)N1CC(=O)C2C1CCN2C(=O)C(CC(C)C)NC(=O)c1ccc(N2CCCC2)cc1)C(C)C. The number of rotatable bonds is 9. The lowest BCUT2D eigenvalue weighted by Crippen LogP contribution is -2.53. The van der Waals surface area contributed by atoms with Gasteiger partial charge >= 0.3 is 0 Å². The van der Waals surface area contributed by atoms with Crippen LogP contribution in [0, 0.1) is 11.8 Å². The van der Waals surface area contributed by atoms with Gasteiger partial charge in [-0.3, -0.25) is 19.2 Å². The monoisotopic (exact) mass is 526 g/mol. The molecule has 0 radical (unpaired) electrons. The molecule has 3 aliphatic heterocycles. The van der Waals surface area contributed by atoms with E-state index in [2.05, 4.69) is 10.2 Å². The molecule has 0 spiro atoms. The van der Waals surface area contributed by atoms with Gasteiger partial charge in [-0.1, -0.05) is 27.7 Å². The second-order valence-corrected chi connectivity index (χ2v) is 11.6. The van der Waals surface area contributed by atoms with Gasteiger partial charge in [0.1, 0.15) is 18.2 Å². The predicted octanol–water partition coefficient (Wildman–Crippen LogP) is 2.48. The molecule has 0 aliphatic carbocycles. The third-order valence-electron chi connectivity index (χ3n) is 8.00. The number of carbonyl (C=O) groups excluding carboxylic acids is 4. The Morgan fingerprint density at radius 2 is 1.63 bits per heavy atom. The third kappa shape index (κ3) is 5.72. The first-order chi connectivity index (χ1) is 18.1. The minimum atomic E-state index is -0.751. The molecule has 208 valence electrons. The molecule has 0 aromatic heterocycles. The smallest absolute Gasteiger partial charge is 0.252 e. The Morgan fingerprint density at radius 1 is 0.974 bits per heavy atom. The number of ether oxygens (including phenoxy) is 1. The topological polar surface area (TPSA) is 99.3 Å². The number of ketones is 1. The van der Waals surface area contributed by atoms with Crippen molar-refractivity contribution in [1.29, 1.82) is 0 Å². The van der Waals surface area contributed by atoms with Crippen LogP contribution in [-0.2, 0) is 19.1 Å². The highest BCUT2D eigenvalue weighted by Crippen LogP contribution is 2.32. The van der Waals surface area contributed by atoms with Gasteiger partial charge in [-0.2, -0.15) is 0 Å². The Morgan fingerprint density at radius 3 is 2.21 bits per heavy atom. The van der Waals surface area contributed by atoms with E-state index >= 15 is 0 Å². The summed E-state index contributed by atoms with van der Waals surface area (Å²) in [5, 5.41) is 2.95. The van der Waals surface area contributed by atoms with Crippen molar-refractivity contribution in [2.75, 3.05) is 38.2 Å². The molecule has 3 heterocycles. The summed E-state index contributed by atoms with van der Waals surface area (Å²) in [6.07, 6.45) is 2.72. The molecule has 4 rings (SSSR count). The standard InChI is InChI=1S/C29H42N4O5/c1-18(2)16-22(30-27(35)20-8-10-21(11-9-20)31-13-6-7-14-31)28(36)32-15-12-23-25(32)24(34)17-33(23)29(37)26(38-5)19(3)4/h8-11,18-19,22-23,25-26H,6-7,12-17H2,1-5H3,(H,30,35). The number of nitrogens with zero attached hydrogens (tertiary/aromatic N) is 3. The lowest BCUT2D eigenvalue weighted by Gasteiger charge is -2.30. The summed E-state index contributed by atoms with van der Waals surface area (Å²) in [4.78, 5) is 58.6. The van der Waals surface area contributed by atoms with Crippen molar-refractivity contribution in [3.63, 3.8) is 0 Å². The van der Waals surface area contributed by atoms with Gasteiger partial charge in [0.15, 0.2) is 5.78 Å². The van der Waals surface area contributed by atoms with Crippen LogP contribution in [0.5, 0.6) is 0 Å². The number of benzene rings is 1. The van der Waals surface area contributed by atoms with E-state index in [1.165, 1.54) is 20.0 Å². The molecule has 9 heteroatoms. The molecule has 3 aliphatic rings. The number of Topliss-reactive ketones (excluding diaryl/α,β-unsaturated/α-hetero) is 1. The largest absolute Gasteiger partial charge is 0.372 e. The van der Waals surface area contributed by atoms with Crippen molar-refractivity contribution in [2.45, 2.75) is 77.6 Å². The van der Waals surface area contributed by atoms with Gasteiger partial charge in [-0.25, -0.2) is 0 Å². The summed E-state index contributed by atoms with van der Waals surface area (Å²) < 4.78 is 5.41. The van der Waals surface area contributed by atoms with Crippen LogP contribution in [0.1, 0.15) is 63.7 Å². The van der Waals surface area contributed by atoms with E-state index in [0.717, 1.165) is 18.8 Å². The maximum atomic E-state index is 13.8. The van der Waals surface area contributed by atoms with Gasteiger partial charge < -0.3 is 24.8 Å². The van der Waals surface area contributed by atoms with Crippen molar-refractivity contribution in [2.24, 2.45) is 11.8 Å². The molecule has 1 N–H and O–H groups in total. The van der Waals surface area contributed by atoms with Gasteiger partial charge in [-0.05, 0) is 61.8 Å². The minimum Gasteiger partial charge on any atom is -0.372 e. The summed E-state index contributed by atoms with van der Waals surface area (Å²) >= 11 is 0. The summed E-state index contributed by atoms with van der Waals surface area (Å²) in [5.41, 5.74) is 1.60. The summed E-state index contributed by atoms with van der Waals surface area (Å²) in [6.45, 7) is 10.2. The van der Waals surface area contributed by atoms with Crippen molar-refractivity contribution in [3.8, 4) is 0 Å². The second kappa shape index (κ2) is 11.8. The Hall–Kier alpha value is -2.94. The molecular weight excluding hydrogens is 484 g/mol. The number of methoxy groups -OCH3 is 1. The van der Waals surface area contributed by atoms with Crippen LogP contribution in [-0.4, -0.2) is 90.8 Å². The lowest BCUT2D eigenvalue weighted by molar-refractivity contribution is -0.146. The van der Waals surface area contributed by atoms with Gasteiger partial charge in [-0.15, -0.1) is 0 Å². The molecule has 3 saturated heterocycles. The van der Waals surface area contributed by atoms with E-state index in [4.69, 9.17) is 4.74 Å². The van der Waals surface area contributed by atoms with Crippen LogP contribution in [0.3, 0.4) is 0 Å². The van der Waals surface area contributed by atoms with Crippen molar-refractivity contribution >= 4 is 29.2 Å². The van der Waals surface area contributed by atoms with Crippen molar-refractivity contribution in [3.05, 3.63) is 29.8 Å². The van der Waals surface area contributed by atoms with E-state index < -0.39 is 18.2 Å². The number of likely N-dealkylation sites (tertiary alicyclic amines) is 2. The Bertz CT molecular complexity index is 1030. The maximum absolute atomic E-state index is 13.8. The number of carbonyl (C=O) groups is 4. The first-order valence-electron chi connectivity index (χ1n) is 13.9. The van der Waals surface area contributed by atoms with Crippen molar-refractivity contribution < 1.29 is 23.9 Å². The van der Waals surface area contributed by atoms with Crippen LogP contribution in [0.4, 0.5) is 5.69 Å². The first-order valence-corrected chi connectivity index (χ1v) is 13.9. The fraction of sp³-hybridized carbons (Fsp3) is 0.655. The normalized spacial score (nSPS) is 22.8. The minimum absolute atomic E-state index is 0.0188. The van der Waals surface area contributed by atoms with E-state index in [0.29, 0.717) is 24.9 Å². The number of fused-ring (bicyclic) bond motifs is 1. The fourth-order valence-corrected chi connectivity index (χ4v) is 6.11. The molecule has 38 heavy (non-hydrogen) atoms. The Kier molecular flexibility index (Phi) is 8.75. The Labute approximate surface area is 225 Å². The summed E-state index contributed by atoms with van der Waals surface area (Å²) in [7, 11) is 1.50. The molecule has 0 saturated carbocycles. The zero-order chi connectivity index (χ0) is 27.6. The van der Waals surface area contributed by atoms with Crippen LogP contribution in [0.25, 0.3) is 0 Å². The van der Waals surface area contributed by atoms with Gasteiger partial charge in [0.25, 0.3) is 11.8 Å². The van der Waals surface area contributed by atoms with Crippen LogP contribution >= 0.6 is 0 Å². The quantitative estimate of drug-likeness (QED) is 0.531. The van der Waals surface area contributed by atoms with Crippen LogP contribution in [0.15, 0.2) is 24.3 Å². The molecule has 3 amide bonds. The van der Waals surface area contributed by atoms with Gasteiger partial charge in [0.05, 0.1) is 12.6 Å². The number of hydrogen-bond acceptors (Lipinski definition) is 6. The average molecular weight is 527 g/mol. The molecule has 4 atom stereocenters. The highest BCUT2D eigenvalue weighted by atomic mass is 16.5. The van der Waals surface area contributed by atoms with Crippen molar-refractivity contribution in [1.82, 2.24) is 15.1 Å². The zero-order valence-corrected chi connectivity index (χ0v) is 23.3. The molecule has 0 bridgehead atoms. The molecule has 3 fully saturated rings. The van der Waals surface area contributed by atoms with Crippen LogP contribution in [0.2, 0.25) is 0 Å². The molecule has 1 aromatic rings. The second-order valence-electron chi connectivity index (χ2n) is 11.6. The van der Waals surface area contributed by atoms with E-state index in [1.54, 1.807) is 21.9 Å². The number of hydrogen-bond donors (Lipinski definition) is 1. The van der Waals surface area contributed by atoms with Gasteiger partial charge in [0.2, 0.25) is 5.91 Å². The highest BCUT2D eigenvalue weighted by molar-refractivity contribution is 6.01. The van der Waals surface area contributed by atoms with Crippen LogP contribution < -0.4 is 10.2 Å². The third-order valence-corrected chi connectivity index (χ3v) is 8.00. The van der Waals surface area contributed by atoms with E-state index in [9.17, 15) is 19.2 Å². The Balaban J connectivity index is 1.46. The van der Waals surface area contributed by atoms with E-state index in [-0.39, 0.29) is 47.9 Å². The fourth-order valence-electron chi connectivity index (χ4n) is 6.11. The highest BCUT2D eigenvalue weighted by Gasteiger charge is 2.53. The maximum Gasteiger partial charge on any atom is 0.252 e. The predicted molar refractivity (Wildman–Crippen MR) is 145 cm³/mol. The van der Waals surface area contributed by atoms with E-state index in [1.807, 2.05) is 39.8 Å².